The molecule has 1 aromatic heterocycles. The fourth-order valence-corrected chi connectivity index (χ4v) is 4.70. The zero-order chi connectivity index (χ0) is 20.7. The minimum absolute atomic E-state index is 0.0137. The molecule has 1 aliphatic heterocycles. The van der Waals surface area contributed by atoms with E-state index in [9.17, 15) is 4.79 Å². The normalized spacial score (nSPS) is 12.9. The van der Waals surface area contributed by atoms with Crippen molar-refractivity contribution >= 4 is 33.7 Å². The number of aryl methyl sites for hydroxylation is 1. The van der Waals surface area contributed by atoms with E-state index in [1.165, 1.54) is 5.56 Å². The lowest BCUT2D eigenvalue weighted by atomic mass is 10.0. The maximum absolute atomic E-state index is 13.5. The Morgan fingerprint density at radius 2 is 1.93 bits per heavy atom. The SMILES string of the molecule is CCOc1cc2ccccc2cc1C(=O)N1CCc2cc(-c3csc(C)n3)ccc21. The molecule has 2 heterocycles. The molecule has 0 atom stereocenters. The van der Waals surface area contributed by atoms with Gasteiger partial charge in [-0.25, -0.2) is 4.98 Å². The molecule has 0 radical (unpaired) electrons. The Bertz CT molecular complexity index is 1260. The average Bonchev–Trinajstić information content (AvgIpc) is 3.38. The van der Waals surface area contributed by atoms with Crippen LogP contribution in [0.25, 0.3) is 22.0 Å². The van der Waals surface area contributed by atoms with Crippen LogP contribution in [0.1, 0.15) is 27.9 Å². The van der Waals surface area contributed by atoms with Crippen molar-refractivity contribution in [2.45, 2.75) is 20.3 Å². The number of amides is 1. The van der Waals surface area contributed by atoms with Gasteiger partial charge < -0.3 is 9.64 Å². The van der Waals surface area contributed by atoms with Gasteiger partial charge in [-0.15, -0.1) is 11.3 Å². The van der Waals surface area contributed by atoms with Gasteiger partial charge in [-0.2, -0.15) is 0 Å². The molecular weight excluding hydrogens is 392 g/mol. The highest BCUT2D eigenvalue weighted by molar-refractivity contribution is 7.09. The monoisotopic (exact) mass is 414 g/mol. The predicted molar refractivity (Wildman–Crippen MR) is 123 cm³/mol. The zero-order valence-corrected chi connectivity index (χ0v) is 17.8. The van der Waals surface area contributed by atoms with Crippen LogP contribution in [0.15, 0.2) is 60.0 Å². The van der Waals surface area contributed by atoms with Gasteiger partial charge in [0.15, 0.2) is 0 Å². The van der Waals surface area contributed by atoms with E-state index in [2.05, 4.69) is 22.5 Å². The molecule has 0 saturated carbocycles. The smallest absolute Gasteiger partial charge is 0.262 e. The van der Waals surface area contributed by atoms with Crippen molar-refractivity contribution in [3.63, 3.8) is 0 Å². The van der Waals surface area contributed by atoms with Crippen LogP contribution in [0.3, 0.4) is 0 Å². The van der Waals surface area contributed by atoms with E-state index in [0.717, 1.165) is 39.1 Å². The lowest BCUT2D eigenvalue weighted by Gasteiger charge is -2.20. The summed E-state index contributed by atoms with van der Waals surface area (Å²) in [4.78, 5) is 20.0. The number of rotatable bonds is 4. The van der Waals surface area contributed by atoms with Gasteiger partial charge in [0.05, 0.1) is 22.9 Å². The molecule has 150 valence electrons. The minimum atomic E-state index is -0.0137. The quantitative estimate of drug-likeness (QED) is 0.419. The number of benzene rings is 3. The van der Waals surface area contributed by atoms with Crippen molar-refractivity contribution in [3.05, 3.63) is 76.1 Å². The number of thiazole rings is 1. The molecule has 5 rings (SSSR count). The number of carbonyl (C=O) groups excluding carboxylic acids is 1. The van der Waals surface area contributed by atoms with Crippen LogP contribution in [-0.4, -0.2) is 24.0 Å². The first-order valence-electron chi connectivity index (χ1n) is 10.2. The van der Waals surface area contributed by atoms with Crippen molar-refractivity contribution in [1.29, 1.82) is 0 Å². The number of aromatic nitrogens is 1. The van der Waals surface area contributed by atoms with Crippen LogP contribution in [0.4, 0.5) is 5.69 Å². The summed E-state index contributed by atoms with van der Waals surface area (Å²) in [5.74, 6) is 0.629. The Balaban J connectivity index is 1.52. The number of fused-ring (bicyclic) bond motifs is 2. The number of hydrogen-bond donors (Lipinski definition) is 0. The minimum Gasteiger partial charge on any atom is -0.493 e. The number of carbonyl (C=O) groups is 1. The van der Waals surface area contributed by atoms with Crippen LogP contribution in [-0.2, 0) is 6.42 Å². The predicted octanol–water partition coefficient (Wildman–Crippen LogP) is 5.87. The lowest BCUT2D eigenvalue weighted by Crippen LogP contribution is -2.29. The van der Waals surface area contributed by atoms with Gasteiger partial charge in [-0.1, -0.05) is 30.3 Å². The molecule has 30 heavy (non-hydrogen) atoms. The first-order chi connectivity index (χ1) is 14.6. The van der Waals surface area contributed by atoms with Crippen LogP contribution < -0.4 is 9.64 Å². The topological polar surface area (TPSA) is 42.4 Å². The summed E-state index contributed by atoms with van der Waals surface area (Å²) in [5, 5.41) is 5.25. The molecular formula is C25H22N2O2S. The van der Waals surface area contributed by atoms with E-state index < -0.39 is 0 Å². The molecule has 0 saturated heterocycles. The standard InChI is InChI=1S/C25H22N2O2S/c1-3-29-24-14-18-7-5-4-6-17(18)13-21(24)25(28)27-11-10-20-12-19(8-9-23(20)27)22-15-30-16(2)26-22/h4-9,12-15H,3,10-11H2,1-2H3. The third-order valence-electron chi connectivity index (χ3n) is 5.51. The first-order valence-corrected chi connectivity index (χ1v) is 11.0. The van der Waals surface area contributed by atoms with Crippen LogP contribution >= 0.6 is 11.3 Å². The van der Waals surface area contributed by atoms with Gasteiger partial charge >= 0.3 is 0 Å². The van der Waals surface area contributed by atoms with Crippen LogP contribution in [0.5, 0.6) is 5.75 Å². The summed E-state index contributed by atoms with van der Waals surface area (Å²) in [6.45, 7) is 5.15. The van der Waals surface area contributed by atoms with Crippen molar-refractivity contribution in [2.24, 2.45) is 0 Å². The van der Waals surface area contributed by atoms with E-state index in [0.29, 0.717) is 24.5 Å². The maximum atomic E-state index is 13.5. The van der Waals surface area contributed by atoms with Crippen LogP contribution in [0.2, 0.25) is 0 Å². The van der Waals surface area contributed by atoms with Crippen molar-refractivity contribution in [1.82, 2.24) is 4.98 Å². The largest absolute Gasteiger partial charge is 0.493 e. The Morgan fingerprint density at radius 1 is 1.13 bits per heavy atom. The van der Waals surface area contributed by atoms with Gasteiger partial charge in [0, 0.05) is 23.2 Å². The molecule has 4 nitrogen and oxygen atoms in total. The Kier molecular flexibility index (Phi) is 4.75. The van der Waals surface area contributed by atoms with E-state index in [1.54, 1.807) is 11.3 Å². The summed E-state index contributed by atoms with van der Waals surface area (Å²) < 4.78 is 5.84. The molecule has 1 amide bonds. The molecule has 0 unspecified atom stereocenters. The Labute approximate surface area is 179 Å². The fraction of sp³-hybridized carbons (Fsp3) is 0.200. The molecule has 0 fully saturated rings. The van der Waals surface area contributed by atoms with E-state index in [1.807, 2.05) is 61.2 Å². The highest BCUT2D eigenvalue weighted by atomic mass is 32.1. The molecule has 0 bridgehead atoms. The number of anilines is 1. The highest BCUT2D eigenvalue weighted by Gasteiger charge is 2.28. The number of ether oxygens (including phenoxy) is 1. The van der Waals surface area contributed by atoms with Gasteiger partial charge in [0.25, 0.3) is 5.91 Å². The fourth-order valence-electron chi connectivity index (χ4n) is 4.07. The lowest BCUT2D eigenvalue weighted by molar-refractivity contribution is 0.0986. The second-order valence-electron chi connectivity index (χ2n) is 7.43. The maximum Gasteiger partial charge on any atom is 0.262 e. The molecule has 0 aliphatic carbocycles. The third-order valence-corrected chi connectivity index (χ3v) is 6.29. The second-order valence-corrected chi connectivity index (χ2v) is 8.49. The second kappa shape index (κ2) is 7.58. The van der Waals surface area contributed by atoms with Crippen molar-refractivity contribution in [3.8, 4) is 17.0 Å². The molecule has 0 spiro atoms. The molecule has 3 aromatic carbocycles. The first kappa shape index (κ1) is 18.8. The average molecular weight is 415 g/mol. The zero-order valence-electron chi connectivity index (χ0n) is 17.0. The Hall–Kier alpha value is -3.18. The van der Waals surface area contributed by atoms with Gasteiger partial charge in [0.2, 0.25) is 0 Å². The summed E-state index contributed by atoms with van der Waals surface area (Å²) in [7, 11) is 0. The van der Waals surface area contributed by atoms with E-state index in [-0.39, 0.29) is 5.91 Å². The van der Waals surface area contributed by atoms with Gasteiger partial charge in [0.1, 0.15) is 5.75 Å². The number of nitrogens with zero attached hydrogens (tertiary/aromatic N) is 2. The van der Waals surface area contributed by atoms with Gasteiger partial charge in [-0.3, -0.25) is 4.79 Å². The molecule has 1 aliphatic rings. The number of hydrogen-bond acceptors (Lipinski definition) is 4. The third kappa shape index (κ3) is 3.25. The summed E-state index contributed by atoms with van der Waals surface area (Å²) in [6, 6.07) is 18.3. The van der Waals surface area contributed by atoms with Crippen molar-refractivity contribution in [2.75, 3.05) is 18.1 Å². The highest BCUT2D eigenvalue weighted by Crippen LogP contribution is 2.35. The van der Waals surface area contributed by atoms with E-state index >= 15 is 0 Å². The summed E-state index contributed by atoms with van der Waals surface area (Å²) in [5.41, 5.74) is 4.88. The van der Waals surface area contributed by atoms with E-state index in [4.69, 9.17) is 4.74 Å². The molecule has 4 aromatic rings. The summed E-state index contributed by atoms with van der Waals surface area (Å²) >= 11 is 1.65. The molecule has 0 N–H and O–H groups in total. The van der Waals surface area contributed by atoms with Gasteiger partial charge in [-0.05, 0) is 60.9 Å². The van der Waals surface area contributed by atoms with Crippen molar-refractivity contribution < 1.29 is 9.53 Å². The van der Waals surface area contributed by atoms with Crippen LogP contribution in [0, 0.1) is 6.92 Å². The summed E-state index contributed by atoms with van der Waals surface area (Å²) in [6.07, 6.45) is 0.843. The Morgan fingerprint density at radius 3 is 2.67 bits per heavy atom. The molecule has 5 heteroatoms.